The zero-order valence-corrected chi connectivity index (χ0v) is 16.3. The molecule has 1 aromatic heterocycles. The molecular weight excluding hydrogens is 360 g/mol. The summed E-state index contributed by atoms with van der Waals surface area (Å²) < 4.78 is 0. The van der Waals surface area contributed by atoms with Crippen LogP contribution in [0.15, 0.2) is 48.8 Å². The molecule has 0 bridgehead atoms. The summed E-state index contributed by atoms with van der Waals surface area (Å²) in [6.07, 6.45) is 3.97. The van der Waals surface area contributed by atoms with Crippen LogP contribution >= 0.6 is 11.6 Å². The number of nitrogens with one attached hydrogen (secondary N) is 2. The molecule has 3 rings (SSSR count). The third-order valence-electron chi connectivity index (χ3n) is 4.20. The quantitative estimate of drug-likeness (QED) is 0.629. The highest BCUT2D eigenvalue weighted by molar-refractivity contribution is 6.34. The van der Waals surface area contributed by atoms with Crippen molar-refractivity contribution in [1.82, 2.24) is 9.97 Å². The smallest absolute Gasteiger partial charge is 0.258 e. The first-order valence-electron chi connectivity index (χ1n) is 8.72. The number of aromatic nitrogens is 2. The average molecular weight is 381 g/mol. The lowest BCUT2D eigenvalue weighted by Gasteiger charge is -2.11. The van der Waals surface area contributed by atoms with E-state index in [2.05, 4.69) is 39.7 Å². The van der Waals surface area contributed by atoms with Crippen LogP contribution in [0.4, 0.5) is 17.3 Å². The number of benzene rings is 2. The van der Waals surface area contributed by atoms with Gasteiger partial charge in [0.1, 0.15) is 0 Å². The average Bonchev–Trinajstić information content (AvgIpc) is 2.65. The first-order chi connectivity index (χ1) is 13.0. The van der Waals surface area contributed by atoms with E-state index in [4.69, 9.17) is 11.6 Å². The maximum atomic E-state index is 12.5. The SMILES string of the molecule is CCc1ccc(Nc2ncc(C(=O)Nc3c(C)cc(C)cc3Cl)cn2)cc1. The number of hydrogen-bond donors (Lipinski definition) is 2. The van der Waals surface area contributed by atoms with Crippen molar-refractivity contribution < 1.29 is 4.79 Å². The summed E-state index contributed by atoms with van der Waals surface area (Å²) >= 11 is 6.25. The maximum absolute atomic E-state index is 12.5. The summed E-state index contributed by atoms with van der Waals surface area (Å²) in [7, 11) is 0. The molecule has 0 radical (unpaired) electrons. The monoisotopic (exact) mass is 380 g/mol. The molecule has 27 heavy (non-hydrogen) atoms. The predicted octanol–water partition coefficient (Wildman–Crippen LogP) is 5.31. The zero-order valence-electron chi connectivity index (χ0n) is 15.5. The molecule has 0 fully saturated rings. The van der Waals surface area contributed by atoms with Crippen molar-refractivity contribution in [3.8, 4) is 0 Å². The van der Waals surface area contributed by atoms with Gasteiger partial charge in [0.05, 0.1) is 16.3 Å². The molecule has 0 spiro atoms. The molecular formula is C21H21ClN4O. The van der Waals surface area contributed by atoms with Crippen LogP contribution in [0.1, 0.15) is 34.0 Å². The normalized spacial score (nSPS) is 10.5. The van der Waals surface area contributed by atoms with Gasteiger partial charge in [0.15, 0.2) is 0 Å². The Morgan fingerprint density at radius 2 is 1.74 bits per heavy atom. The number of nitrogens with zero attached hydrogens (tertiary/aromatic N) is 2. The van der Waals surface area contributed by atoms with Crippen molar-refractivity contribution in [2.75, 3.05) is 10.6 Å². The van der Waals surface area contributed by atoms with Gasteiger partial charge in [-0.1, -0.05) is 36.7 Å². The Kier molecular flexibility index (Phi) is 5.72. The highest BCUT2D eigenvalue weighted by atomic mass is 35.5. The van der Waals surface area contributed by atoms with Crippen LogP contribution in [-0.2, 0) is 6.42 Å². The Morgan fingerprint density at radius 3 is 2.33 bits per heavy atom. The van der Waals surface area contributed by atoms with E-state index in [1.807, 2.05) is 38.1 Å². The first kappa shape index (κ1) is 18.9. The van der Waals surface area contributed by atoms with Gasteiger partial charge in [-0.3, -0.25) is 4.79 Å². The van der Waals surface area contributed by atoms with Gasteiger partial charge in [-0.25, -0.2) is 9.97 Å². The van der Waals surface area contributed by atoms with Crippen LogP contribution in [0.3, 0.4) is 0 Å². The fourth-order valence-electron chi connectivity index (χ4n) is 2.72. The molecule has 0 unspecified atom stereocenters. The zero-order chi connectivity index (χ0) is 19.4. The fraction of sp³-hybridized carbons (Fsp3) is 0.190. The number of amides is 1. The summed E-state index contributed by atoms with van der Waals surface area (Å²) in [5.41, 5.74) is 5.07. The Morgan fingerprint density at radius 1 is 1.07 bits per heavy atom. The molecule has 0 aliphatic carbocycles. The maximum Gasteiger partial charge on any atom is 0.258 e. The molecule has 0 aliphatic rings. The summed E-state index contributed by atoms with van der Waals surface area (Å²) in [5, 5.41) is 6.46. The second-order valence-electron chi connectivity index (χ2n) is 6.36. The summed E-state index contributed by atoms with van der Waals surface area (Å²) in [6.45, 7) is 5.97. The molecule has 2 N–H and O–H groups in total. The lowest BCUT2D eigenvalue weighted by Crippen LogP contribution is -2.14. The number of hydrogen-bond acceptors (Lipinski definition) is 4. The third kappa shape index (κ3) is 4.63. The van der Waals surface area contributed by atoms with Crippen molar-refractivity contribution in [2.45, 2.75) is 27.2 Å². The van der Waals surface area contributed by atoms with Crippen molar-refractivity contribution in [1.29, 1.82) is 0 Å². The molecule has 6 heteroatoms. The molecule has 1 heterocycles. The van der Waals surface area contributed by atoms with E-state index in [0.717, 1.165) is 23.2 Å². The van der Waals surface area contributed by atoms with Gasteiger partial charge in [0.25, 0.3) is 5.91 Å². The van der Waals surface area contributed by atoms with Gasteiger partial charge in [0.2, 0.25) is 5.95 Å². The fourth-order valence-corrected chi connectivity index (χ4v) is 3.09. The van der Waals surface area contributed by atoms with Crippen LogP contribution in [0.5, 0.6) is 0 Å². The second kappa shape index (κ2) is 8.18. The lowest BCUT2D eigenvalue weighted by molar-refractivity contribution is 0.102. The van der Waals surface area contributed by atoms with Crippen LogP contribution in [0, 0.1) is 13.8 Å². The number of halogens is 1. The van der Waals surface area contributed by atoms with Gasteiger partial charge in [-0.05, 0) is 55.2 Å². The predicted molar refractivity (Wildman–Crippen MR) is 110 cm³/mol. The summed E-state index contributed by atoms with van der Waals surface area (Å²) in [6, 6.07) is 11.8. The first-order valence-corrected chi connectivity index (χ1v) is 9.10. The number of anilines is 3. The minimum Gasteiger partial charge on any atom is -0.324 e. The molecule has 0 saturated heterocycles. The number of aryl methyl sites for hydroxylation is 3. The highest BCUT2D eigenvalue weighted by Crippen LogP contribution is 2.27. The Balaban J connectivity index is 1.70. The Hall–Kier alpha value is -2.92. The molecule has 3 aromatic rings. The van der Waals surface area contributed by atoms with E-state index in [-0.39, 0.29) is 5.91 Å². The van der Waals surface area contributed by atoms with Crippen molar-refractivity contribution >= 4 is 34.8 Å². The van der Waals surface area contributed by atoms with E-state index >= 15 is 0 Å². The van der Waals surface area contributed by atoms with Gasteiger partial charge in [-0.15, -0.1) is 0 Å². The van der Waals surface area contributed by atoms with Gasteiger partial charge in [0, 0.05) is 18.1 Å². The van der Waals surface area contributed by atoms with Crippen LogP contribution in [0.25, 0.3) is 0 Å². The lowest BCUT2D eigenvalue weighted by atomic mass is 10.1. The largest absolute Gasteiger partial charge is 0.324 e. The standard InChI is InChI=1S/C21H21ClN4O/c1-4-15-5-7-17(8-6-15)25-21-23-11-16(12-24-21)20(27)26-19-14(3)9-13(2)10-18(19)22/h5-12H,4H2,1-3H3,(H,26,27)(H,23,24,25). The van der Waals surface area contributed by atoms with Crippen LogP contribution in [-0.4, -0.2) is 15.9 Å². The molecule has 0 atom stereocenters. The topological polar surface area (TPSA) is 66.9 Å². The Bertz CT molecular complexity index is 930. The van der Waals surface area contributed by atoms with Crippen molar-refractivity contribution in [3.05, 3.63) is 76.1 Å². The van der Waals surface area contributed by atoms with E-state index in [9.17, 15) is 4.79 Å². The van der Waals surface area contributed by atoms with Crippen LogP contribution < -0.4 is 10.6 Å². The second-order valence-corrected chi connectivity index (χ2v) is 6.77. The Labute approximate surface area is 163 Å². The molecule has 0 saturated carbocycles. The van der Waals surface area contributed by atoms with E-state index in [1.165, 1.54) is 18.0 Å². The third-order valence-corrected chi connectivity index (χ3v) is 4.50. The molecule has 138 valence electrons. The number of carbonyl (C=O) groups excluding carboxylic acids is 1. The number of carbonyl (C=O) groups is 1. The molecule has 1 amide bonds. The van der Waals surface area contributed by atoms with Gasteiger partial charge < -0.3 is 10.6 Å². The minimum absolute atomic E-state index is 0.303. The summed E-state index contributed by atoms with van der Waals surface area (Å²) in [4.78, 5) is 20.9. The highest BCUT2D eigenvalue weighted by Gasteiger charge is 2.12. The molecule has 5 nitrogen and oxygen atoms in total. The number of rotatable bonds is 5. The van der Waals surface area contributed by atoms with E-state index in [0.29, 0.717) is 22.2 Å². The molecule has 2 aromatic carbocycles. The van der Waals surface area contributed by atoms with Crippen molar-refractivity contribution in [2.24, 2.45) is 0 Å². The van der Waals surface area contributed by atoms with E-state index < -0.39 is 0 Å². The van der Waals surface area contributed by atoms with Crippen molar-refractivity contribution in [3.63, 3.8) is 0 Å². The van der Waals surface area contributed by atoms with Gasteiger partial charge >= 0.3 is 0 Å². The minimum atomic E-state index is -0.303. The van der Waals surface area contributed by atoms with E-state index in [1.54, 1.807) is 0 Å². The molecule has 0 aliphatic heterocycles. The van der Waals surface area contributed by atoms with Crippen LogP contribution in [0.2, 0.25) is 5.02 Å². The summed E-state index contributed by atoms with van der Waals surface area (Å²) in [5.74, 6) is 0.128. The van der Waals surface area contributed by atoms with Gasteiger partial charge in [-0.2, -0.15) is 0 Å².